The minimum Gasteiger partial charge on any atom is -0.314 e. The molecule has 2 rings (SSSR count). The van der Waals surface area contributed by atoms with Gasteiger partial charge in [0.25, 0.3) is 0 Å². The first-order valence-corrected chi connectivity index (χ1v) is 8.24. The van der Waals surface area contributed by atoms with E-state index in [0.717, 1.165) is 19.0 Å². The van der Waals surface area contributed by atoms with E-state index >= 15 is 0 Å². The number of H-pyrrole nitrogens is 1. The molecule has 0 spiro atoms. The molecule has 0 aliphatic carbocycles. The third-order valence-electron chi connectivity index (χ3n) is 4.35. The minimum absolute atomic E-state index is 0.724. The molecular weight excluding hydrogens is 248 g/mol. The number of rotatable bonds is 7. The highest BCUT2D eigenvalue weighted by Crippen LogP contribution is 2.12. The van der Waals surface area contributed by atoms with Crippen LogP contribution in [0.5, 0.6) is 0 Å². The van der Waals surface area contributed by atoms with E-state index in [0.29, 0.717) is 0 Å². The first kappa shape index (κ1) is 15.5. The van der Waals surface area contributed by atoms with Gasteiger partial charge >= 0.3 is 0 Å². The standard InChI is InChI=1S/C16H30N4/c1-3-10-20-11-5-7-16(8-12-20)17-9-4-6-15-13-18-19-14(15)2/h13,16-17H,3-12H2,1-2H3,(H,18,19). The van der Waals surface area contributed by atoms with Gasteiger partial charge in [0, 0.05) is 11.7 Å². The van der Waals surface area contributed by atoms with Crippen LogP contribution in [0.3, 0.4) is 0 Å². The lowest BCUT2D eigenvalue weighted by Gasteiger charge is -2.19. The molecule has 1 aliphatic rings. The van der Waals surface area contributed by atoms with Crippen LogP contribution in [0, 0.1) is 6.92 Å². The molecule has 1 aromatic rings. The molecule has 4 nitrogen and oxygen atoms in total. The smallest absolute Gasteiger partial charge is 0.0522 e. The Bertz CT molecular complexity index is 374. The van der Waals surface area contributed by atoms with E-state index in [2.05, 4.69) is 34.3 Å². The summed E-state index contributed by atoms with van der Waals surface area (Å²) >= 11 is 0. The molecule has 0 saturated carbocycles. The fraction of sp³-hybridized carbons (Fsp3) is 0.812. The monoisotopic (exact) mass is 278 g/mol. The molecule has 114 valence electrons. The van der Waals surface area contributed by atoms with Gasteiger partial charge in [-0.25, -0.2) is 0 Å². The maximum absolute atomic E-state index is 4.08. The summed E-state index contributed by atoms with van der Waals surface area (Å²) in [5.41, 5.74) is 2.58. The molecule has 4 heteroatoms. The number of aryl methyl sites for hydroxylation is 2. The number of hydrogen-bond acceptors (Lipinski definition) is 3. The normalized spacial score (nSPS) is 21.0. The summed E-state index contributed by atoms with van der Waals surface area (Å²) in [5.74, 6) is 0. The zero-order valence-electron chi connectivity index (χ0n) is 13.1. The number of nitrogens with zero attached hydrogens (tertiary/aromatic N) is 2. The quantitative estimate of drug-likeness (QED) is 0.753. The van der Waals surface area contributed by atoms with E-state index in [4.69, 9.17) is 0 Å². The molecule has 20 heavy (non-hydrogen) atoms. The summed E-state index contributed by atoms with van der Waals surface area (Å²) in [7, 11) is 0. The fourth-order valence-electron chi connectivity index (χ4n) is 3.11. The van der Waals surface area contributed by atoms with Crippen molar-refractivity contribution in [3.05, 3.63) is 17.5 Å². The second-order valence-corrected chi connectivity index (χ2v) is 6.05. The lowest BCUT2D eigenvalue weighted by Crippen LogP contribution is -2.32. The SMILES string of the molecule is CCCN1CCCC(NCCCc2cn[nH]c2C)CC1. The van der Waals surface area contributed by atoms with E-state index in [9.17, 15) is 0 Å². The van der Waals surface area contributed by atoms with Crippen molar-refractivity contribution in [3.63, 3.8) is 0 Å². The van der Waals surface area contributed by atoms with Gasteiger partial charge < -0.3 is 10.2 Å². The highest BCUT2D eigenvalue weighted by molar-refractivity contribution is 5.14. The molecule has 1 saturated heterocycles. The van der Waals surface area contributed by atoms with Gasteiger partial charge in [-0.1, -0.05) is 6.92 Å². The molecule has 1 unspecified atom stereocenters. The summed E-state index contributed by atoms with van der Waals surface area (Å²) in [4.78, 5) is 2.62. The van der Waals surface area contributed by atoms with E-state index in [-0.39, 0.29) is 0 Å². The lowest BCUT2D eigenvalue weighted by atomic mass is 10.1. The molecule has 0 bridgehead atoms. The number of nitrogens with one attached hydrogen (secondary N) is 2. The second-order valence-electron chi connectivity index (χ2n) is 6.05. The summed E-state index contributed by atoms with van der Waals surface area (Å²) in [6.07, 6.45) is 9.57. The Morgan fingerprint density at radius 3 is 3.05 bits per heavy atom. The summed E-state index contributed by atoms with van der Waals surface area (Å²) in [6.45, 7) is 9.34. The van der Waals surface area contributed by atoms with Crippen molar-refractivity contribution >= 4 is 0 Å². The number of likely N-dealkylation sites (tertiary alicyclic amines) is 1. The molecule has 1 aliphatic heterocycles. The Labute approximate surface area is 123 Å². The van der Waals surface area contributed by atoms with Gasteiger partial charge in [0.1, 0.15) is 0 Å². The Balaban J connectivity index is 1.61. The van der Waals surface area contributed by atoms with Crippen molar-refractivity contribution in [1.82, 2.24) is 20.4 Å². The second kappa shape index (κ2) is 8.42. The van der Waals surface area contributed by atoms with Crippen LogP contribution in [0.25, 0.3) is 0 Å². The molecule has 0 aromatic carbocycles. The summed E-state index contributed by atoms with van der Waals surface area (Å²) < 4.78 is 0. The van der Waals surface area contributed by atoms with Crippen molar-refractivity contribution < 1.29 is 0 Å². The third kappa shape index (κ3) is 4.91. The molecular formula is C16H30N4. The highest BCUT2D eigenvalue weighted by Gasteiger charge is 2.15. The Hall–Kier alpha value is -0.870. The van der Waals surface area contributed by atoms with Gasteiger partial charge in [0.05, 0.1) is 6.20 Å². The van der Waals surface area contributed by atoms with Crippen molar-refractivity contribution in [2.45, 2.75) is 58.4 Å². The average Bonchev–Trinajstić information content (AvgIpc) is 2.72. The molecule has 1 aromatic heterocycles. The van der Waals surface area contributed by atoms with Gasteiger partial charge in [-0.2, -0.15) is 5.10 Å². The van der Waals surface area contributed by atoms with Crippen LogP contribution < -0.4 is 5.32 Å². The largest absolute Gasteiger partial charge is 0.314 e. The minimum atomic E-state index is 0.724. The van der Waals surface area contributed by atoms with Crippen LogP contribution in [-0.4, -0.2) is 47.3 Å². The zero-order valence-corrected chi connectivity index (χ0v) is 13.1. The van der Waals surface area contributed by atoms with Crippen molar-refractivity contribution in [1.29, 1.82) is 0 Å². The van der Waals surface area contributed by atoms with Crippen LogP contribution in [-0.2, 0) is 6.42 Å². The predicted octanol–water partition coefficient (Wildman–Crippen LogP) is 2.50. The number of aromatic amines is 1. The molecule has 0 amide bonds. The maximum Gasteiger partial charge on any atom is 0.0522 e. The van der Waals surface area contributed by atoms with Crippen LogP contribution in [0.2, 0.25) is 0 Å². The van der Waals surface area contributed by atoms with Gasteiger partial charge in [0.2, 0.25) is 0 Å². The summed E-state index contributed by atoms with van der Waals surface area (Å²) in [6, 6.07) is 0.724. The van der Waals surface area contributed by atoms with Gasteiger partial charge in [-0.3, -0.25) is 5.10 Å². The maximum atomic E-state index is 4.08. The topological polar surface area (TPSA) is 44.0 Å². The van der Waals surface area contributed by atoms with Gasteiger partial charge in [0.15, 0.2) is 0 Å². The number of hydrogen-bond donors (Lipinski definition) is 2. The van der Waals surface area contributed by atoms with Crippen LogP contribution in [0.4, 0.5) is 0 Å². The van der Waals surface area contributed by atoms with E-state index in [1.54, 1.807) is 0 Å². The van der Waals surface area contributed by atoms with Crippen molar-refractivity contribution in [2.75, 3.05) is 26.2 Å². The first-order chi connectivity index (χ1) is 9.79. The molecule has 0 radical (unpaired) electrons. The zero-order chi connectivity index (χ0) is 14.2. The van der Waals surface area contributed by atoms with Crippen molar-refractivity contribution in [3.8, 4) is 0 Å². The van der Waals surface area contributed by atoms with Crippen LogP contribution in [0.1, 0.15) is 50.3 Å². The first-order valence-electron chi connectivity index (χ1n) is 8.24. The van der Waals surface area contributed by atoms with E-state index in [1.165, 1.54) is 63.0 Å². The Morgan fingerprint density at radius 1 is 1.40 bits per heavy atom. The Kier molecular flexibility index (Phi) is 6.54. The summed E-state index contributed by atoms with van der Waals surface area (Å²) in [5, 5.41) is 10.8. The lowest BCUT2D eigenvalue weighted by molar-refractivity contribution is 0.282. The molecule has 2 heterocycles. The van der Waals surface area contributed by atoms with E-state index < -0.39 is 0 Å². The van der Waals surface area contributed by atoms with Crippen LogP contribution in [0.15, 0.2) is 6.20 Å². The van der Waals surface area contributed by atoms with Crippen LogP contribution >= 0.6 is 0 Å². The average molecular weight is 278 g/mol. The number of aromatic nitrogens is 2. The fourth-order valence-corrected chi connectivity index (χ4v) is 3.11. The predicted molar refractivity (Wildman–Crippen MR) is 84.0 cm³/mol. The highest BCUT2D eigenvalue weighted by atomic mass is 15.1. The van der Waals surface area contributed by atoms with E-state index in [1.807, 2.05) is 6.20 Å². The Morgan fingerprint density at radius 2 is 2.30 bits per heavy atom. The third-order valence-corrected chi connectivity index (χ3v) is 4.35. The van der Waals surface area contributed by atoms with Gasteiger partial charge in [-0.15, -0.1) is 0 Å². The van der Waals surface area contributed by atoms with Gasteiger partial charge in [-0.05, 0) is 77.2 Å². The molecule has 1 atom stereocenters. The molecule has 2 N–H and O–H groups in total. The molecule has 1 fully saturated rings. The van der Waals surface area contributed by atoms with Crippen molar-refractivity contribution in [2.24, 2.45) is 0 Å².